The third-order valence-electron chi connectivity index (χ3n) is 4.60. The van der Waals surface area contributed by atoms with Crippen molar-refractivity contribution in [3.05, 3.63) is 64.2 Å². The lowest BCUT2D eigenvalue weighted by Gasteiger charge is -2.22. The third-order valence-corrected chi connectivity index (χ3v) is 6.86. The topological polar surface area (TPSA) is 72.5 Å². The molecule has 0 aliphatic heterocycles. The first-order chi connectivity index (χ1) is 12.2. The SMILES string of the molecule is Cc1cc(C)c(S(=O)(=O)N[C@@H]2c3ccccc3C[C@@H]2O[S@](C)=O)c(C)c1. The van der Waals surface area contributed by atoms with Gasteiger partial charge in [-0.2, -0.15) is 0 Å². The Morgan fingerprint density at radius 1 is 1.12 bits per heavy atom. The second-order valence-corrected chi connectivity index (χ2v) is 9.41. The number of sulfonamides is 1. The maximum Gasteiger partial charge on any atom is 0.241 e. The summed E-state index contributed by atoms with van der Waals surface area (Å²) in [5.41, 5.74) is 4.31. The molecule has 2 aromatic carbocycles. The van der Waals surface area contributed by atoms with E-state index in [4.69, 9.17) is 4.18 Å². The van der Waals surface area contributed by atoms with Crippen LogP contribution in [-0.2, 0) is 31.7 Å². The maximum absolute atomic E-state index is 13.1. The highest BCUT2D eigenvalue weighted by atomic mass is 32.2. The van der Waals surface area contributed by atoms with Gasteiger partial charge in [0.2, 0.25) is 10.0 Å². The molecule has 7 heteroatoms. The van der Waals surface area contributed by atoms with Crippen LogP contribution in [0.25, 0.3) is 0 Å². The van der Waals surface area contributed by atoms with E-state index >= 15 is 0 Å². The van der Waals surface area contributed by atoms with Gasteiger partial charge in [0.25, 0.3) is 0 Å². The van der Waals surface area contributed by atoms with Gasteiger partial charge in [-0.3, -0.25) is 4.18 Å². The van der Waals surface area contributed by atoms with Crippen LogP contribution < -0.4 is 4.72 Å². The Morgan fingerprint density at radius 2 is 1.73 bits per heavy atom. The summed E-state index contributed by atoms with van der Waals surface area (Å²) in [6.45, 7) is 5.54. The van der Waals surface area contributed by atoms with Gasteiger partial charge in [-0.05, 0) is 43.0 Å². The molecule has 2 aromatic rings. The zero-order valence-electron chi connectivity index (χ0n) is 15.3. The summed E-state index contributed by atoms with van der Waals surface area (Å²) in [5, 5.41) is 0. The summed E-state index contributed by atoms with van der Waals surface area (Å²) in [6, 6.07) is 10.8. The van der Waals surface area contributed by atoms with Crippen LogP contribution >= 0.6 is 0 Å². The van der Waals surface area contributed by atoms with Crippen LogP contribution in [0.1, 0.15) is 33.9 Å². The number of hydrogen-bond acceptors (Lipinski definition) is 4. The molecule has 1 N–H and O–H groups in total. The Morgan fingerprint density at radius 3 is 2.35 bits per heavy atom. The zero-order chi connectivity index (χ0) is 19.1. The largest absolute Gasteiger partial charge is 0.285 e. The molecule has 26 heavy (non-hydrogen) atoms. The van der Waals surface area contributed by atoms with Crippen molar-refractivity contribution in [2.45, 2.75) is 44.2 Å². The summed E-state index contributed by atoms with van der Waals surface area (Å²) in [5.74, 6) is 0. The molecule has 3 atom stereocenters. The lowest BCUT2D eigenvalue weighted by atomic mass is 10.1. The molecule has 0 heterocycles. The molecule has 1 aliphatic rings. The Balaban J connectivity index is 2.01. The minimum atomic E-state index is -3.76. The van der Waals surface area contributed by atoms with Gasteiger partial charge in [-0.15, -0.1) is 0 Å². The third kappa shape index (κ3) is 3.76. The summed E-state index contributed by atoms with van der Waals surface area (Å²) in [4.78, 5) is 0.295. The lowest BCUT2D eigenvalue weighted by Crippen LogP contribution is -2.36. The second-order valence-electron chi connectivity index (χ2n) is 6.77. The molecule has 140 valence electrons. The Kier molecular flexibility index (Phi) is 5.35. The number of aryl methyl sites for hydroxylation is 3. The van der Waals surface area contributed by atoms with Crippen molar-refractivity contribution in [3.63, 3.8) is 0 Å². The highest BCUT2D eigenvalue weighted by molar-refractivity contribution is 7.89. The highest BCUT2D eigenvalue weighted by Crippen LogP contribution is 2.35. The first kappa shape index (κ1) is 19.2. The summed E-state index contributed by atoms with van der Waals surface area (Å²) < 4.78 is 46.2. The van der Waals surface area contributed by atoms with Crippen molar-refractivity contribution in [1.29, 1.82) is 0 Å². The van der Waals surface area contributed by atoms with Crippen LogP contribution in [0.5, 0.6) is 0 Å². The molecule has 5 nitrogen and oxygen atoms in total. The average molecular weight is 394 g/mol. The van der Waals surface area contributed by atoms with E-state index in [1.54, 1.807) is 13.8 Å². The molecule has 0 saturated carbocycles. The lowest BCUT2D eigenvalue weighted by molar-refractivity contribution is 0.201. The van der Waals surface area contributed by atoms with E-state index in [1.165, 1.54) is 6.26 Å². The van der Waals surface area contributed by atoms with Crippen molar-refractivity contribution >= 4 is 21.1 Å². The summed E-state index contributed by atoms with van der Waals surface area (Å²) in [7, 11) is -3.76. The first-order valence-electron chi connectivity index (χ1n) is 8.37. The van der Waals surface area contributed by atoms with Crippen LogP contribution in [0.4, 0.5) is 0 Å². The summed E-state index contributed by atoms with van der Waals surface area (Å²) in [6.07, 6.45) is 1.47. The molecular formula is C19H23NO4S2. The van der Waals surface area contributed by atoms with Crippen molar-refractivity contribution in [3.8, 4) is 0 Å². The standard InChI is InChI=1S/C19H23NO4S2/c1-12-9-13(2)19(14(3)10-12)26(22,23)20-18-16-8-6-5-7-15(16)11-17(18)24-25(4)21/h5-10,17-18,20H,11H2,1-4H3/t17-,18+,25+/m0/s1. The Hall–Kier alpha value is -1.54. The van der Waals surface area contributed by atoms with Crippen molar-refractivity contribution in [2.75, 3.05) is 6.26 Å². The van der Waals surface area contributed by atoms with Gasteiger partial charge in [-0.25, -0.2) is 17.3 Å². The minimum Gasteiger partial charge on any atom is -0.285 e. The minimum absolute atomic E-state index is 0.295. The van der Waals surface area contributed by atoms with Gasteiger partial charge < -0.3 is 0 Å². The second kappa shape index (κ2) is 7.23. The smallest absolute Gasteiger partial charge is 0.241 e. The fourth-order valence-corrected chi connectivity index (χ4v) is 6.00. The Bertz CT molecular complexity index is 946. The quantitative estimate of drug-likeness (QED) is 0.848. The molecule has 0 fully saturated rings. The van der Waals surface area contributed by atoms with E-state index in [2.05, 4.69) is 4.72 Å². The van der Waals surface area contributed by atoms with E-state index in [1.807, 2.05) is 43.3 Å². The fraction of sp³-hybridized carbons (Fsp3) is 0.368. The van der Waals surface area contributed by atoms with Gasteiger partial charge >= 0.3 is 0 Å². The highest BCUT2D eigenvalue weighted by Gasteiger charge is 2.37. The van der Waals surface area contributed by atoms with Gasteiger partial charge in [0.15, 0.2) is 11.1 Å². The molecule has 0 amide bonds. The van der Waals surface area contributed by atoms with Crippen LogP contribution in [0, 0.1) is 20.8 Å². The first-order valence-corrected chi connectivity index (χ1v) is 11.3. The van der Waals surface area contributed by atoms with Gasteiger partial charge in [-0.1, -0.05) is 42.0 Å². The molecule has 0 aromatic heterocycles. The molecule has 0 spiro atoms. The fourth-order valence-electron chi connectivity index (χ4n) is 3.78. The van der Waals surface area contributed by atoms with Gasteiger partial charge in [0.05, 0.1) is 17.0 Å². The molecule has 0 saturated heterocycles. The normalized spacial score (nSPS) is 20.8. The number of hydrogen-bond donors (Lipinski definition) is 1. The predicted octanol–water partition coefficient (Wildman–Crippen LogP) is 2.87. The Labute approximate surface area is 157 Å². The summed E-state index contributed by atoms with van der Waals surface area (Å²) >= 11 is -1.48. The van der Waals surface area contributed by atoms with E-state index in [0.29, 0.717) is 22.4 Å². The van der Waals surface area contributed by atoms with Gasteiger partial charge in [0.1, 0.15) is 0 Å². The number of nitrogens with one attached hydrogen (secondary N) is 1. The maximum atomic E-state index is 13.1. The van der Waals surface area contributed by atoms with E-state index in [9.17, 15) is 12.6 Å². The van der Waals surface area contributed by atoms with E-state index < -0.39 is 33.2 Å². The number of benzene rings is 2. The average Bonchev–Trinajstić information content (AvgIpc) is 2.82. The number of fused-ring (bicyclic) bond motifs is 1. The van der Waals surface area contributed by atoms with Crippen LogP contribution in [0.3, 0.4) is 0 Å². The molecule has 0 bridgehead atoms. The molecule has 0 unspecified atom stereocenters. The monoisotopic (exact) mass is 393 g/mol. The number of rotatable bonds is 5. The van der Waals surface area contributed by atoms with Crippen LogP contribution in [0.15, 0.2) is 41.3 Å². The van der Waals surface area contributed by atoms with Crippen molar-refractivity contribution in [1.82, 2.24) is 4.72 Å². The van der Waals surface area contributed by atoms with Crippen LogP contribution in [0.2, 0.25) is 0 Å². The molecular weight excluding hydrogens is 370 g/mol. The van der Waals surface area contributed by atoms with Crippen LogP contribution in [-0.4, -0.2) is 25.0 Å². The zero-order valence-corrected chi connectivity index (χ0v) is 16.9. The predicted molar refractivity (Wildman–Crippen MR) is 103 cm³/mol. The molecule has 1 aliphatic carbocycles. The van der Waals surface area contributed by atoms with Crippen molar-refractivity contribution < 1.29 is 16.8 Å². The van der Waals surface area contributed by atoms with E-state index in [-0.39, 0.29) is 0 Å². The molecule has 0 radical (unpaired) electrons. The van der Waals surface area contributed by atoms with E-state index in [0.717, 1.165) is 16.7 Å². The molecule has 3 rings (SSSR count). The van der Waals surface area contributed by atoms with Crippen molar-refractivity contribution in [2.24, 2.45) is 0 Å². The van der Waals surface area contributed by atoms with Gasteiger partial charge in [0, 0.05) is 12.7 Å².